The third kappa shape index (κ3) is 3.53. The fraction of sp³-hybridized carbons (Fsp3) is 0.333. The molecule has 2 aromatic carbocycles. The van der Waals surface area contributed by atoms with Gasteiger partial charge in [-0.25, -0.2) is 9.99 Å². The van der Waals surface area contributed by atoms with E-state index in [-0.39, 0.29) is 5.91 Å². The number of rotatable bonds is 4. The summed E-state index contributed by atoms with van der Waals surface area (Å²) < 4.78 is 5.55. The van der Waals surface area contributed by atoms with Gasteiger partial charge >= 0.3 is 0 Å². The van der Waals surface area contributed by atoms with Crippen LogP contribution in [0.2, 0.25) is 0 Å². The number of H-pyrrole nitrogens is 1. The molecule has 6 nitrogen and oxygen atoms in total. The first-order chi connectivity index (χ1) is 13.2. The maximum atomic E-state index is 12.6. The van der Waals surface area contributed by atoms with Crippen LogP contribution in [0.15, 0.2) is 36.4 Å². The molecule has 4 rings (SSSR count). The number of nitrogens with one attached hydrogen (secondary N) is 2. The lowest BCUT2D eigenvalue weighted by molar-refractivity contribution is 0.0750. The minimum absolute atomic E-state index is 0.109. The molecule has 2 N–H and O–H groups in total. The Morgan fingerprint density at radius 1 is 1.19 bits per heavy atom. The highest BCUT2D eigenvalue weighted by molar-refractivity contribution is 5.95. The summed E-state index contributed by atoms with van der Waals surface area (Å²) in [4.78, 5) is 20.6. The number of hydrogen-bond donors (Lipinski definition) is 2. The van der Waals surface area contributed by atoms with Crippen LogP contribution in [0.3, 0.4) is 0 Å². The molecule has 140 valence electrons. The van der Waals surface area contributed by atoms with E-state index in [1.165, 1.54) is 6.42 Å². The smallest absolute Gasteiger partial charge is 0.265 e. The van der Waals surface area contributed by atoms with Crippen LogP contribution < -0.4 is 10.2 Å². The number of aromatic amines is 1. The average molecular weight is 364 g/mol. The number of carbonyl (C=O) groups is 1. The van der Waals surface area contributed by atoms with Crippen LogP contribution >= 0.6 is 0 Å². The summed E-state index contributed by atoms with van der Waals surface area (Å²) >= 11 is 0. The van der Waals surface area contributed by atoms with Crippen molar-refractivity contribution in [2.75, 3.05) is 20.2 Å². The maximum absolute atomic E-state index is 12.6. The molecule has 0 bridgehead atoms. The molecule has 0 saturated carbocycles. The molecule has 0 radical (unpaired) electrons. The number of benzene rings is 2. The molecule has 6 heteroatoms. The zero-order valence-corrected chi connectivity index (χ0v) is 15.7. The summed E-state index contributed by atoms with van der Waals surface area (Å²) in [5.41, 5.74) is 7.45. The van der Waals surface area contributed by atoms with Gasteiger partial charge in [0.05, 0.1) is 23.7 Å². The van der Waals surface area contributed by atoms with E-state index in [1.807, 2.05) is 42.3 Å². The predicted molar refractivity (Wildman–Crippen MR) is 106 cm³/mol. The molecule has 3 aromatic rings. The Hall–Kier alpha value is -2.86. The van der Waals surface area contributed by atoms with E-state index in [4.69, 9.17) is 9.72 Å². The van der Waals surface area contributed by atoms with Crippen molar-refractivity contribution >= 4 is 16.9 Å². The van der Waals surface area contributed by atoms with Gasteiger partial charge in [0.1, 0.15) is 11.6 Å². The lowest BCUT2D eigenvalue weighted by atomic mass is 10.1. The second-order valence-corrected chi connectivity index (χ2v) is 6.96. The van der Waals surface area contributed by atoms with Gasteiger partial charge in [0, 0.05) is 18.7 Å². The number of aromatic nitrogens is 2. The standard InChI is InChI=1S/C21H24N4O2/c1-14-7-6-8-17-19(14)23-20(22-17)16-10-9-15(13-18(16)27-2)21(26)24-25-11-4-3-5-12-25/h6-10,13H,3-5,11-12H2,1-2H3,(H,22,23)(H,24,26). The quantitative estimate of drug-likeness (QED) is 0.741. The number of aryl methyl sites for hydroxylation is 1. The number of hydrogen-bond acceptors (Lipinski definition) is 4. The second-order valence-electron chi connectivity index (χ2n) is 6.96. The Labute approximate surface area is 158 Å². The van der Waals surface area contributed by atoms with Crippen molar-refractivity contribution in [3.63, 3.8) is 0 Å². The largest absolute Gasteiger partial charge is 0.496 e. The number of fused-ring (bicyclic) bond motifs is 1. The van der Waals surface area contributed by atoms with E-state index in [1.54, 1.807) is 13.2 Å². The van der Waals surface area contributed by atoms with E-state index < -0.39 is 0 Å². The first kappa shape index (κ1) is 17.5. The minimum Gasteiger partial charge on any atom is -0.496 e. The summed E-state index contributed by atoms with van der Waals surface area (Å²) in [6.07, 6.45) is 3.47. The van der Waals surface area contributed by atoms with Gasteiger partial charge in [-0.2, -0.15) is 0 Å². The summed E-state index contributed by atoms with van der Waals surface area (Å²) in [6.45, 7) is 3.84. The molecule has 0 spiro atoms. The monoisotopic (exact) mass is 364 g/mol. The van der Waals surface area contributed by atoms with Crippen LogP contribution in [0.25, 0.3) is 22.4 Å². The number of amides is 1. The normalized spacial score (nSPS) is 15.0. The van der Waals surface area contributed by atoms with Gasteiger partial charge < -0.3 is 9.72 Å². The number of hydrazine groups is 1. The first-order valence-corrected chi connectivity index (χ1v) is 9.35. The zero-order chi connectivity index (χ0) is 18.8. The third-order valence-electron chi connectivity index (χ3n) is 5.05. The molecule has 1 saturated heterocycles. The van der Waals surface area contributed by atoms with Crippen molar-refractivity contribution in [2.45, 2.75) is 26.2 Å². The molecule has 27 heavy (non-hydrogen) atoms. The predicted octanol–water partition coefficient (Wildman–Crippen LogP) is 3.68. The molecule has 2 heterocycles. The van der Waals surface area contributed by atoms with Crippen molar-refractivity contribution in [1.29, 1.82) is 0 Å². The van der Waals surface area contributed by atoms with Gasteiger partial charge in [-0.05, 0) is 49.6 Å². The van der Waals surface area contributed by atoms with E-state index in [0.29, 0.717) is 11.3 Å². The van der Waals surface area contributed by atoms with Gasteiger partial charge in [-0.1, -0.05) is 18.6 Å². The Kier molecular flexibility index (Phi) is 4.81. The van der Waals surface area contributed by atoms with Crippen LogP contribution in [0.5, 0.6) is 5.75 Å². The van der Waals surface area contributed by atoms with Crippen molar-refractivity contribution < 1.29 is 9.53 Å². The molecule has 1 amide bonds. The lowest BCUT2D eigenvalue weighted by Gasteiger charge is -2.26. The van der Waals surface area contributed by atoms with Crippen molar-refractivity contribution in [2.24, 2.45) is 0 Å². The fourth-order valence-electron chi connectivity index (χ4n) is 3.55. The van der Waals surface area contributed by atoms with E-state index in [2.05, 4.69) is 10.4 Å². The minimum atomic E-state index is -0.109. The number of imidazole rings is 1. The molecule has 1 aliphatic heterocycles. The second kappa shape index (κ2) is 7.40. The number of para-hydroxylation sites is 1. The third-order valence-corrected chi connectivity index (χ3v) is 5.05. The van der Waals surface area contributed by atoms with Crippen LogP contribution in [-0.4, -0.2) is 41.1 Å². The Morgan fingerprint density at radius 3 is 2.74 bits per heavy atom. The highest BCUT2D eigenvalue weighted by Gasteiger charge is 2.17. The summed E-state index contributed by atoms with van der Waals surface area (Å²) in [6, 6.07) is 11.5. The lowest BCUT2D eigenvalue weighted by Crippen LogP contribution is -2.45. The van der Waals surface area contributed by atoms with Crippen LogP contribution in [-0.2, 0) is 0 Å². The molecular formula is C21H24N4O2. The van der Waals surface area contributed by atoms with Crippen molar-refractivity contribution in [3.8, 4) is 17.1 Å². The van der Waals surface area contributed by atoms with E-state index in [0.717, 1.165) is 53.9 Å². The molecule has 1 fully saturated rings. The first-order valence-electron chi connectivity index (χ1n) is 9.35. The van der Waals surface area contributed by atoms with Gasteiger partial charge in [0.2, 0.25) is 0 Å². The van der Waals surface area contributed by atoms with Gasteiger partial charge in [-0.3, -0.25) is 10.2 Å². The van der Waals surface area contributed by atoms with E-state index >= 15 is 0 Å². The average Bonchev–Trinajstić information content (AvgIpc) is 3.14. The van der Waals surface area contributed by atoms with Crippen LogP contribution in [0.4, 0.5) is 0 Å². The van der Waals surface area contributed by atoms with Crippen molar-refractivity contribution in [1.82, 2.24) is 20.4 Å². The molecule has 0 aliphatic carbocycles. The Morgan fingerprint density at radius 2 is 2.00 bits per heavy atom. The maximum Gasteiger partial charge on any atom is 0.265 e. The Bertz CT molecular complexity index is 973. The van der Waals surface area contributed by atoms with Crippen LogP contribution in [0, 0.1) is 6.92 Å². The zero-order valence-electron chi connectivity index (χ0n) is 15.7. The number of methoxy groups -OCH3 is 1. The van der Waals surface area contributed by atoms with Crippen molar-refractivity contribution in [3.05, 3.63) is 47.5 Å². The highest BCUT2D eigenvalue weighted by atomic mass is 16.5. The number of ether oxygens (including phenoxy) is 1. The molecule has 1 aromatic heterocycles. The number of nitrogens with zero attached hydrogens (tertiary/aromatic N) is 2. The topological polar surface area (TPSA) is 70.2 Å². The highest BCUT2D eigenvalue weighted by Crippen LogP contribution is 2.31. The van der Waals surface area contributed by atoms with E-state index in [9.17, 15) is 4.79 Å². The Balaban J connectivity index is 1.62. The number of carbonyl (C=O) groups excluding carboxylic acids is 1. The van der Waals surface area contributed by atoms with Gasteiger partial charge in [0.25, 0.3) is 5.91 Å². The molecule has 0 atom stereocenters. The fourth-order valence-corrected chi connectivity index (χ4v) is 3.55. The molecule has 1 aliphatic rings. The summed E-state index contributed by atoms with van der Waals surface area (Å²) in [5.74, 6) is 1.25. The summed E-state index contributed by atoms with van der Waals surface area (Å²) in [7, 11) is 1.61. The van der Waals surface area contributed by atoms with Gasteiger partial charge in [0.15, 0.2) is 0 Å². The summed E-state index contributed by atoms with van der Waals surface area (Å²) in [5, 5.41) is 1.99. The van der Waals surface area contributed by atoms with Gasteiger partial charge in [-0.15, -0.1) is 0 Å². The molecule has 0 unspecified atom stereocenters. The number of piperidine rings is 1. The SMILES string of the molecule is COc1cc(C(=O)NN2CCCCC2)ccc1-c1nc2c(C)cccc2[nH]1. The molecular weight excluding hydrogens is 340 g/mol. The van der Waals surface area contributed by atoms with Crippen LogP contribution in [0.1, 0.15) is 35.2 Å².